The largest absolute Gasteiger partial charge is 0.478 e. The SMILES string of the molecule is CCCCCc1cc(C)c(/C=C/C(=O)O)o1. The third-order valence-electron chi connectivity index (χ3n) is 2.41. The van der Waals surface area contributed by atoms with Crippen LogP contribution in [0.2, 0.25) is 0 Å². The Labute approximate surface area is 95.8 Å². The van der Waals surface area contributed by atoms with E-state index in [9.17, 15) is 4.79 Å². The first-order valence-electron chi connectivity index (χ1n) is 5.63. The van der Waals surface area contributed by atoms with Crippen molar-refractivity contribution in [2.45, 2.75) is 39.5 Å². The van der Waals surface area contributed by atoms with Crippen molar-refractivity contribution in [1.82, 2.24) is 0 Å². The molecule has 3 nitrogen and oxygen atoms in total. The van der Waals surface area contributed by atoms with Crippen molar-refractivity contribution in [2.24, 2.45) is 0 Å². The van der Waals surface area contributed by atoms with Crippen LogP contribution in [0.3, 0.4) is 0 Å². The molecular formula is C13H18O3. The number of unbranched alkanes of at least 4 members (excludes halogenated alkanes) is 2. The summed E-state index contributed by atoms with van der Waals surface area (Å²) >= 11 is 0. The minimum absolute atomic E-state index is 0.647. The summed E-state index contributed by atoms with van der Waals surface area (Å²) in [4.78, 5) is 10.4. The average molecular weight is 222 g/mol. The van der Waals surface area contributed by atoms with Crippen molar-refractivity contribution < 1.29 is 14.3 Å². The summed E-state index contributed by atoms with van der Waals surface area (Å²) in [6.45, 7) is 4.09. The summed E-state index contributed by atoms with van der Waals surface area (Å²) in [5.74, 6) is 0.633. The fraction of sp³-hybridized carbons (Fsp3) is 0.462. The number of hydrogen-bond acceptors (Lipinski definition) is 2. The summed E-state index contributed by atoms with van der Waals surface area (Å²) in [6, 6.07) is 1.98. The molecule has 0 aliphatic heterocycles. The molecule has 0 amide bonds. The molecular weight excluding hydrogens is 204 g/mol. The normalized spacial score (nSPS) is 11.1. The Morgan fingerprint density at radius 2 is 2.25 bits per heavy atom. The minimum Gasteiger partial charge on any atom is -0.478 e. The molecule has 0 fully saturated rings. The molecule has 3 heteroatoms. The molecule has 1 aromatic rings. The van der Waals surface area contributed by atoms with E-state index >= 15 is 0 Å². The van der Waals surface area contributed by atoms with Gasteiger partial charge in [-0.2, -0.15) is 0 Å². The monoisotopic (exact) mass is 222 g/mol. The van der Waals surface area contributed by atoms with Crippen molar-refractivity contribution >= 4 is 12.0 Å². The van der Waals surface area contributed by atoms with Crippen molar-refractivity contribution in [2.75, 3.05) is 0 Å². The highest BCUT2D eigenvalue weighted by atomic mass is 16.4. The topological polar surface area (TPSA) is 50.4 Å². The van der Waals surface area contributed by atoms with Gasteiger partial charge in [-0.1, -0.05) is 19.8 Å². The van der Waals surface area contributed by atoms with Crippen LogP contribution < -0.4 is 0 Å². The van der Waals surface area contributed by atoms with Crippen LogP contribution in [-0.2, 0) is 11.2 Å². The van der Waals surface area contributed by atoms with Gasteiger partial charge in [0.05, 0.1) is 0 Å². The third-order valence-corrected chi connectivity index (χ3v) is 2.41. The average Bonchev–Trinajstić information content (AvgIpc) is 2.57. The molecule has 1 rings (SSSR count). The number of hydrogen-bond donors (Lipinski definition) is 1. The maximum atomic E-state index is 10.4. The Morgan fingerprint density at radius 3 is 2.88 bits per heavy atom. The molecule has 0 unspecified atom stereocenters. The van der Waals surface area contributed by atoms with Crippen LogP contribution in [0, 0.1) is 6.92 Å². The molecule has 0 bridgehead atoms. The maximum absolute atomic E-state index is 10.4. The first kappa shape index (κ1) is 12.6. The number of carboxylic acids is 1. The number of carboxylic acid groups (broad SMARTS) is 1. The predicted octanol–water partition coefficient (Wildman–Crippen LogP) is 3.42. The summed E-state index contributed by atoms with van der Waals surface area (Å²) in [5, 5.41) is 8.52. The zero-order chi connectivity index (χ0) is 12.0. The van der Waals surface area contributed by atoms with Gasteiger partial charge >= 0.3 is 5.97 Å². The fourth-order valence-corrected chi connectivity index (χ4v) is 1.55. The summed E-state index contributed by atoms with van der Waals surface area (Å²) in [7, 11) is 0. The fourth-order valence-electron chi connectivity index (χ4n) is 1.55. The van der Waals surface area contributed by atoms with E-state index in [0.717, 1.165) is 30.2 Å². The highest BCUT2D eigenvalue weighted by molar-refractivity contribution is 5.84. The molecule has 0 saturated carbocycles. The lowest BCUT2D eigenvalue weighted by atomic mass is 10.1. The molecule has 0 aliphatic rings. The Hall–Kier alpha value is -1.51. The Balaban J connectivity index is 2.62. The smallest absolute Gasteiger partial charge is 0.328 e. The summed E-state index contributed by atoms with van der Waals surface area (Å²) in [6.07, 6.45) is 7.02. The lowest BCUT2D eigenvalue weighted by Gasteiger charge is -1.94. The molecule has 1 N–H and O–H groups in total. The van der Waals surface area contributed by atoms with Gasteiger partial charge in [-0.3, -0.25) is 0 Å². The van der Waals surface area contributed by atoms with Gasteiger partial charge < -0.3 is 9.52 Å². The molecule has 0 aliphatic carbocycles. The van der Waals surface area contributed by atoms with E-state index < -0.39 is 5.97 Å². The number of furan rings is 1. The second kappa shape index (κ2) is 6.16. The zero-order valence-corrected chi connectivity index (χ0v) is 9.82. The van der Waals surface area contributed by atoms with Gasteiger partial charge in [-0.25, -0.2) is 4.79 Å². The first-order valence-corrected chi connectivity index (χ1v) is 5.63. The van der Waals surface area contributed by atoms with Crippen LogP contribution in [0.4, 0.5) is 0 Å². The van der Waals surface area contributed by atoms with Gasteiger partial charge in [-0.15, -0.1) is 0 Å². The highest BCUT2D eigenvalue weighted by Crippen LogP contribution is 2.18. The van der Waals surface area contributed by atoms with Crippen LogP contribution in [0.15, 0.2) is 16.6 Å². The summed E-state index contributed by atoms with van der Waals surface area (Å²) < 4.78 is 5.56. The molecule has 0 saturated heterocycles. The highest BCUT2D eigenvalue weighted by Gasteiger charge is 2.04. The lowest BCUT2D eigenvalue weighted by molar-refractivity contribution is -0.131. The van der Waals surface area contributed by atoms with Gasteiger partial charge in [0.2, 0.25) is 0 Å². The number of aliphatic carboxylic acids is 1. The van der Waals surface area contributed by atoms with Crippen LogP contribution >= 0.6 is 0 Å². The number of rotatable bonds is 6. The van der Waals surface area contributed by atoms with E-state index in [1.165, 1.54) is 18.9 Å². The molecule has 16 heavy (non-hydrogen) atoms. The van der Waals surface area contributed by atoms with Gasteiger partial charge in [0.1, 0.15) is 11.5 Å². The second-order valence-corrected chi connectivity index (χ2v) is 3.89. The molecule has 0 radical (unpaired) electrons. The molecule has 88 valence electrons. The zero-order valence-electron chi connectivity index (χ0n) is 9.82. The van der Waals surface area contributed by atoms with Crippen LogP contribution in [0.1, 0.15) is 43.3 Å². The first-order chi connectivity index (χ1) is 7.63. The van der Waals surface area contributed by atoms with Crippen molar-refractivity contribution in [3.8, 4) is 0 Å². The molecule has 1 heterocycles. The minimum atomic E-state index is -0.955. The predicted molar refractivity (Wildman–Crippen MR) is 63.3 cm³/mol. The lowest BCUT2D eigenvalue weighted by Crippen LogP contribution is -1.85. The van der Waals surface area contributed by atoms with E-state index in [0.29, 0.717) is 5.76 Å². The standard InChI is InChI=1S/C13H18O3/c1-3-4-5-6-11-9-10(2)12(16-11)7-8-13(14)15/h7-9H,3-6H2,1-2H3,(H,14,15)/b8-7+. The van der Waals surface area contributed by atoms with E-state index in [2.05, 4.69) is 6.92 Å². The van der Waals surface area contributed by atoms with Crippen molar-refractivity contribution in [3.05, 3.63) is 29.2 Å². The Kier molecular flexibility index (Phi) is 4.83. The summed E-state index contributed by atoms with van der Waals surface area (Å²) in [5.41, 5.74) is 0.990. The number of aryl methyl sites for hydroxylation is 2. The van der Waals surface area contributed by atoms with E-state index in [1.54, 1.807) is 0 Å². The van der Waals surface area contributed by atoms with Crippen molar-refractivity contribution in [1.29, 1.82) is 0 Å². The Bertz CT molecular complexity index is 375. The molecule has 1 aromatic heterocycles. The van der Waals surface area contributed by atoms with E-state index in [1.807, 2.05) is 13.0 Å². The molecule has 0 spiro atoms. The van der Waals surface area contributed by atoms with Gasteiger partial charge in [0.25, 0.3) is 0 Å². The third kappa shape index (κ3) is 3.93. The quantitative estimate of drug-likeness (QED) is 0.592. The maximum Gasteiger partial charge on any atom is 0.328 e. The molecule has 0 atom stereocenters. The van der Waals surface area contributed by atoms with E-state index in [4.69, 9.17) is 9.52 Å². The molecule has 0 aromatic carbocycles. The Morgan fingerprint density at radius 1 is 1.50 bits per heavy atom. The van der Waals surface area contributed by atoms with Gasteiger partial charge in [0.15, 0.2) is 0 Å². The van der Waals surface area contributed by atoms with Gasteiger partial charge in [-0.05, 0) is 31.1 Å². The van der Waals surface area contributed by atoms with Gasteiger partial charge in [0, 0.05) is 12.5 Å². The van der Waals surface area contributed by atoms with Crippen molar-refractivity contribution in [3.63, 3.8) is 0 Å². The number of carbonyl (C=O) groups is 1. The van der Waals surface area contributed by atoms with Crippen LogP contribution in [-0.4, -0.2) is 11.1 Å². The second-order valence-electron chi connectivity index (χ2n) is 3.89. The van der Waals surface area contributed by atoms with Crippen LogP contribution in [0.5, 0.6) is 0 Å². The van der Waals surface area contributed by atoms with Crippen LogP contribution in [0.25, 0.3) is 6.08 Å². The van der Waals surface area contributed by atoms with E-state index in [-0.39, 0.29) is 0 Å².